The highest BCUT2D eigenvalue weighted by Gasteiger charge is 2.32. The molecule has 0 unspecified atom stereocenters. The molecule has 0 saturated heterocycles. The minimum absolute atomic E-state index is 0.124. The Kier molecular flexibility index (Phi) is 4.77. The van der Waals surface area contributed by atoms with Crippen molar-refractivity contribution in [3.63, 3.8) is 0 Å². The number of hydrogen-bond donors (Lipinski definition) is 3. The van der Waals surface area contributed by atoms with E-state index in [1.807, 2.05) is 0 Å². The number of carboxylic acids is 1. The minimum atomic E-state index is -1.33. The summed E-state index contributed by atoms with van der Waals surface area (Å²) in [5.41, 5.74) is -1.30. The number of rotatable bonds is 5. The number of aromatic nitrogens is 1. The summed E-state index contributed by atoms with van der Waals surface area (Å²) in [6.07, 6.45) is 5.60. The standard InChI is InChI=1S/C15H21FN2O3/c1-2-10-3-6-15(21,7-4-10)9-18-13-12(16)11(14(19)20)5-8-17-13/h5,8,10,21H,2-4,6-7,9H2,1H3,(H,17,18)(H,19,20). The maximum absolute atomic E-state index is 13.9. The number of carboxylic acid groups (broad SMARTS) is 1. The highest BCUT2D eigenvalue weighted by Crippen LogP contribution is 2.33. The topological polar surface area (TPSA) is 82.5 Å². The number of nitrogens with one attached hydrogen (secondary N) is 1. The van der Waals surface area contributed by atoms with Crippen molar-refractivity contribution in [2.45, 2.75) is 44.6 Å². The SMILES string of the molecule is CCC1CCC(O)(CNc2nccc(C(=O)O)c2F)CC1. The predicted molar refractivity (Wildman–Crippen MR) is 76.8 cm³/mol. The van der Waals surface area contributed by atoms with Gasteiger partial charge >= 0.3 is 5.97 Å². The summed E-state index contributed by atoms with van der Waals surface area (Å²) < 4.78 is 13.9. The van der Waals surface area contributed by atoms with Gasteiger partial charge in [-0.05, 0) is 37.7 Å². The molecule has 0 atom stereocenters. The smallest absolute Gasteiger partial charge is 0.338 e. The minimum Gasteiger partial charge on any atom is -0.478 e. The second-order valence-electron chi connectivity index (χ2n) is 5.76. The van der Waals surface area contributed by atoms with Crippen molar-refractivity contribution in [2.24, 2.45) is 5.92 Å². The van der Waals surface area contributed by atoms with Crippen molar-refractivity contribution < 1.29 is 19.4 Å². The molecule has 0 aromatic carbocycles. The zero-order chi connectivity index (χ0) is 15.5. The number of aromatic carboxylic acids is 1. The Bertz CT molecular complexity index is 514. The zero-order valence-corrected chi connectivity index (χ0v) is 12.1. The molecule has 0 amide bonds. The van der Waals surface area contributed by atoms with Crippen molar-refractivity contribution in [3.05, 3.63) is 23.6 Å². The molecule has 0 bridgehead atoms. The summed E-state index contributed by atoms with van der Waals surface area (Å²) in [5, 5.41) is 22.1. The predicted octanol–water partition coefficient (Wildman–Crippen LogP) is 2.66. The largest absolute Gasteiger partial charge is 0.478 e. The van der Waals surface area contributed by atoms with Crippen molar-refractivity contribution in [1.29, 1.82) is 0 Å². The Labute approximate surface area is 123 Å². The highest BCUT2D eigenvalue weighted by molar-refractivity contribution is 5.88. The van der Waals surface area contributed by atoms with E-state index >= 15 is 0 Å². The molecule has 1 saturated carbocycles. The molecular weight excluding hydrogens is 275 g/mol. The average Bonchev–Trinajstić information content (AvgIpc) is 2.47. The summed E-state index contributed by atoms with van der Waals surface area (Å²) in [4.78, 5) is 14.7. The van der Waals surface area contributed by atoms with Gasteiger partial charge in [0.05, 0.1) is 5.60 Å². The first-order valence-electron chi connectivity index (χ1n) is 7.29. The Balaban J connectivity index is 2.00. The first kappa shape index (κ1) is 15.7. The molecule has 1 aliphatic rings. The van der Waals surface area contributed by atoms with Gasteiger partial charge in [0, 0.05) is 12.7 Å². The molecule has 1 aromatic heterocycles. The fourth-order valence-corrected chi connectivity index (χ4v) is 2.78. The third kappa shape index (κ3) is 3.69. The lowest BCUT2D eigenvalue weighted by molar-refractivity contribution is 0.00218. The summed E-state index contributed by atoms with van der Waals surface area (Å²) in [6.45, 7) is 2.32. The first-order chi connectivity index (χ1) is 9.95. The lowest BCUT2D eigenvalue weighted by Crippen LogP contribution is -2.40. The van der Waals surface area contributed by atoms with E-state index in [0.29, 0.717) is 18.8 Å². The number of halogens is 1. The zero-order valence-electron chi connectivity index (χ0n) is 12.1. The van der Waals surface area contributed by atoms with E-state index in [1.54, 1.807) is 0 Å². The van der Waals surface area contributed by atoms with Crippen LogP contribution in [-0.2, 0) is 0 Å². The number of pyridine rings is 1. The molecule has 1 fully saturated rings. The van der Waals surface area contributed by atoms with Crippen molar-refractivity contribution in [2.75, 3.05) is 11.9 Å². The maximum Gasteiger partial charge on any atom is 0.338 e. The van der Waals surface area contributed by atoms with Gasteiger partial charge < -0.3 is 15.5 Å². The molecule has 3 N–H and O–H groups in total. The van der Waals surface area contributed by atoms with Crippen LogP contribution in [0, 0.1) is 11.7 Å². The van der Waals surface area contributed by atoms with Gasteiger partial charge in [-0.1, -0.05) is 13.3 Å². The molecule has 1 heterocycles. The van der Waals surface area contributed by atoms with Crippen LogP contribution < -0.4 is 5.32 Å². The molecule has 1 aromatic rings. The number of nitrogens with zero attached hydrogens (tertiary/aromatic N) is 1. The monoisotopic (exact) mass is 296 g/mol. The molecule has 5 nitrogen and oxygen atoms in total. The van der Waals surface area contributed by atoms with Crippen LogP contribution in [0.15, 0.2) is 12.3 Å². The van der Waals surface area contributed by atoms with Gasteiger partial charge in [-0.15, -0.1) is 0 Å². The quantitative estimate of drug-likeness (QED) is 0.778. The maximum atomic E-state index is 13.9. The number of hydrogen-bond acceptors (Lipinski definition) is 4. The fraction of sp³-hybridized carbons (Fsp3) is 0.600. The third-order valence-corrected chi connectivity index (χ3v) is 4.32. The Hall–Kier alpha value is -1.69. The van der Waals surface area contributed by atoms with E-state index in [1.165, 1.54) is 6.20 Å². The van der Waals surface area contributed by atoms with Crippen LogP contribution >= 0.6 is 0 Å². The molecule has 0 spiro atoms. The van der Waals surface area contributed by atoms with Gasteiger partial charge in [0.15, 0.2) is 11.6 Å². The van der Waals surface area contributed by atoms with Gasteiger partial charge in [0.1, 0.15) is 5.56 Å². The van der Waals surface area contributed by atoms with E-state index in [0.717, 1.165) is 25.3 Å². The molecule has 6 heteroatoms. The third-order valence-electron chi connectivity index (χ3n) is 4.32. The Morgan fingerprint density at radius 2 is 2.19 bits per heavy atom. The van der Waals surface area contributed by atoms with E-state index < -0.39 is 23.0 Å². The van der Waals surface area contributed by atoms with Crippen LogP contribution in [0.2, 0.25) is 0 Å². The Morgan fingerprint density at radius 3 is 2.76 bits per heavy atom. The van der Waals surface area contributed by atoms with Crippen LogP contribution in [0.5, 0.6) is 0 Å². The van der Waals surface area contributed by atoms with E-state index in [4.69, 9.17) is 5.11 Å². The average molecular weight is 296 g/mol. The van der Waals surface area contributed by atoms with Crippen LogP contribution in [0.3, 0.4) is 0 Å². The fourth-order valence-electron chi connectivity index (χ4n) is 2.78. The molecule has 116 valence electrons. The molecule has 2 rings (SSSR count). The van der Waals surface area contributed by atoms with Gasteiger partial charge in [-0.25, -0.2) is 14.2 Å². The second kappa shape index (κ2) is 6.39. The lowest BCUT2D eigenvalue weighted by atomic mass is 9.78. The van der Waals surface area contributed by atoms with Gasteiger partial charge in [0.2, 0.25) is 0 Å². The first-order valence-corrected chi connectivity index (χ1v) is 7.29. The molecule has 0 aliphatic heterocycles. The number of carbonyl (C=O) groups is 1. The summed E-state index contributed by atoms with van der Waals surface area (Å²) >= 11 is 0. The van der Waals surface area contributed by atoms with Gasteiger partial charge in [-0.2, -0.15) is 0 Å². The van der Waals surface area contributed by atoms with Crippen LogP contribution in [0.25, 0.3) is 0 Å². The number of aliphatic hydroxyl groups is 1. The summed E-state index contributed by atoms with van der Waals surface area (Å²) in [7, 11) is 0. The van der Waals surface area contributed by atoms with Crippen LogP contribution in [0.4, 0.5) is 10.2 Å². The van der Waals surface area contributed by atoms with Crippen molar-refractivity contribution >= 4 is 11.8 Å². The molecule has 21 heavy (non-hydrogen) atoms. The molecule has 1 aliphatic carbocycles. The van der Waals surface area contributed by atoms with E-state index in [-0.39, 0.29) is 12.4 Å². The molecule has 0 radical (unpaired) electrons. The van der Waals surface area contributed by atoms with E-state index in [9.17, 15) is 14.3 Å². The van der Waals surface area contributed by atoms with Crippen molar-refractivity contribution in [1.82, 2.24) is 4.98 Å². The Morgan fingerprint density at radius 1 is 1.52 bits per heavy atom. The number of anilines is 1. The van der Waals surface area contributed by atoms with Gasteiger partial charge in [-0.3, -0.25) is 0 Å². The highest BCUT2D eigenvalue weighted by atomic mass is 19.1. The van der Waals surface area contributed by atoms with E-state index in [2.05, 4.69) is 17.2 Å². The van der Waals surface area contributed by atoms with Crippen molar-refractivity contribution in [3.8, 4) is 0 Å². The second-order valence-corrected chi connectivity index (χ2v) is 5.76. The summed E-state index contributed by atoms with van der Waals surface area (Å²) in [6, 6.07) is 1.12. The summed E-state index contributed by atoms with van der Waals surface area (Å²) in [5.74, 6) is -1.70. The van der Waals surface area contributed by atoms with Crippen LogP contribution in [-0.4, -0.2) is 33.3 Å². The van der Waals surface area contributed by atoms with Crippen LogP contribution in [0.1, 0.15) is 49.4 Å². The lowest BCUT2D eigenvalue weighted by Gasteiger charge is -2.36. The van der Waals surface area contributed by atoms with Gasteiger partial charge in [0.25, 0.3) is 0 Å². The normalized spacial score (nSPS) is 25.6. The molecular formula is C15H21FN2O3.